The van der Waals surface area contributed by atoms with E-state index in [2.05, 4.69) is 63.8 Å². The zero-order valence-corrected chi connectivity index (χ0v) is 20.2. The number of carbonyl (C=O) groups is 1. The predicted molar refractivity (Wildman–Crippen MR) is 123 cm³/mol. The summed E-state index contributed by atoms with van der Waals surface area (Å²) in [6.07, 6.45) is -1.73. The predicted octanol–water partition coefficient (Wildman–Crippen LogP) is 7.36. The lowest BCUT2D eigenvalue weighted by Crippen LogP contribution is -2.44. The molecule has 1 aromatic rings. The Labute approximate surface area is 191 Å². The molecule has 0 aromatic heterocycles. The molecule has 0 unspecified atom stereocenters. The molecule has 3 atom stereocenters. The number of rotatable bonds is 9. The van der Waals surface area contributed by atoms with Gasteiger partial charge in [-0.3, -0.25) is 9.69 Å². The van der Waals surface area contributed by atoms with Gasteiger partial charge in [0.1, 0.15) is 0 Å². The van der Waals surface area contributed by atoms with Crippen molar-refractivity contribution in [3.8, 4) is 0 Å². The maximum Gasteiger partial charge on any atom is 0.389 e. The normalized spacial score (nSPS) is 21.7. The quantitative estimate of drug-likeness (QED) is 0.423. The summed E-state index contributed by atoms with van der Waals surface area (Å²) in [6, 6.07) is 8.18. The van der Waals surface area contributed by atoms with Crippen LogP contribution in [0, 0.1) is 11.8 Å². The molecule has 0 radical (unpaired) electrons. The van der Waals surface area contributed by atoms with Gasteiger partial charge in [-0.05, 0) is 67.0 Å². The lowest BCUT2D eigenvalue weighted by atomic mass is 9.81. The van der Waals surface area contributed by atoms with E-state index in [9.17, 15) is 23.1 Å². The minimum absolute atomic E-state index is 0.0170. The Kier molecular flexibility index (Phi) is 9.21. The van der Waals surface area contributed by atoms with Gasteiger partial charge in [0, 0.05) is 24.9 Å². The highest BCUT2D eigenvalue weighted by atomic mass is 19.4. The van der Waals surface area contributed by atoms with Crippen LogP contribution in [0.5, 0.6) is 0 Å². The van der Waals surface area contributed by atoms with Crippen LogP contribution in [0.4, 0.5) is 13.2 Å². The van der Waals surface area contributed by atoms with Gasteiger partial charge in [-0.1, -0.05) is 58.9 Å². The highest BCUT2D eigenvalue weighted by molar-refractivity contribution is 5.67. The molecular weight excluding hydrogens is 415 g/mol. The van der Waals surface area contributed by atoms with Gasteiger partial charge in [-0.2, -0.15) is 13.2 Å². The molecular formula is C26H40F3NO2. The Hall–Kier alpha value is -1.56. The SMILES string of the molecule is CC(C)CC[C@H](CCC(F)(F)F)N1CC[C@@H](CC(=O)O)C[C@H]1c1ccc(C(C)(C)C)cc1. The Bertz CT molecular complexity index is 722. The number of hydrogen-bond acceptors (Lipinski definition) is 2. The molecule has 3 nitrogen and oxygen atoms in total. The van der Waals surface area contributed by atoms with Crippen molar-refractivity contribution in [3.63, 3.8) is 0 Å². The largest absolute Gasteiger partial charge is 0.481 e. The third kappa shape index (κ3) is 8.42. The molecule has 6 heteroatoms. The Morgan fingerprint density at radius 2 is 1.72 bits per heavy atom. The van der Waals surface area contributed by atoms with Crippen LogP contribution in [-0.4, -0.2) is 34.7 Å². The number of aliphatic carboxylic acids is 1. The van der Waals surface area contributed by atoms with Crippen molar-refractivity contribution in [1.29, 1.82) is 0 Å². The summed E-state index contributed by atoms with van der Waals surface area (Å²) in [7, 11) is 0. The Balaban J connectivity index is 2.32. The smallest absolute Gasteiger partial charge is 0.389 e. The molecule has 1 aliphatic heterocycles. The van der Waals surface area contributed by atoms with Gasteiger partial charge >= 0.3 is 12.1 Å². The highest BCUT2D eigenvalue weighted by Gasteiger charge is 2.37. The van der Waals surface area contributed by atoms with Crippen LogP contribution in [0.25, 0.3) is 0 Å². The number of nitrogens with zero attached hydrogens (tertiary/aromatic N) is 1. The number of benzene rings is 1. The third-order valence-electron chi connectivity index (χ3n) is 6.68. The second-order valence-corrected chi connectivity index (χ2v) is 10.9. The van der Waals surface area contributed by atoms with Gasteiger partial charge in [-0.25, -0.2) is 0 Å². The van der Waals surface area contributed by atoms with E-state index in [0.29, 0.717) is 25.3 Å². The molecule has 1 heterocycles. The van der Waals surface area contributed by atoms with Gasteiger partial charge in [0.05, 0.1) is 0 Å². The van der Waals surface area contributed by atoms with E-state index in [-0.39, 0.29) is 36.3 Å². The van der Waals surface area contributed by atoms with E-state index in [1.54, 1.807) is 0 Å². The molecule has 182 valence electrons. The first-order valence-electron chi connectivity index (χ1n) is 11.9. The average molecular weight is 456 g/mol. The lowest BCUT2D eigenvalue weighted by molar-refractivity contribution is -0.141. The fourth-order valence-corrected chi connectivity index (χ4v) is 4.79. The van der Waals surface area contributed by atoms with Gasteiger partial charge < -0.3 is 5.11 Å². The topological polar surface area (TPSA) is 40.5 Å². The van der Waals surface area contributed by atoms with E-state index in [1.807, 2.05) is 0 Å². The molecule has 1 fully saturated rings. The first-order chi connectivity index (χ1) is 14.8. The van der Waals surface area contributed by atoms with Crippen molar-refractivity contribution in [2.24, 2.45) is 11.8 Å². The molecule has 2 rings (SSSR count). The summed E-state index contributed by atoms with van der Waals surface area (Å²) in [5.41, 5.74) is 2.30. The van der Waals surface area contributed by atoms with E-state index in [4.69, 9.17) is 0 Å². The van der Waals surface area contributed by atoms with Gasteiger partial charge in [0.25, 0.3) is 0 Å². The summed E-state index contributed by atoms with van der Waals surface area (Å²) < 4.78 is 39.2. The van der Waals surface area contributed by atoms with Gasteiger partial charge in [-0.15, -0.1) is 0 Å². The number of alkyl halides is 3. The maximum absolute atomic E-state index is 13.1. The highest BCUT2D eigenvalue weighted by Crippen LogP contribution is 2.40. The molecule has 0 bridgehead atoms. The minimum atomic E-state index is -4.17. The van der Waals surface area contributed by atoms with Crippen LogP contribution in [0.1, 0.15) is 96.7 Å². The molecule has 1 aliphatic rings. The number of likely N-dealkylation sites (tertiary alicyclic amines) is 1. The minimum Gasteiger partial charge on any atom is -0.481 e. The van der Waals surface area contributed by atoms with Crippen LogP contribution in [-0.2, 0) is 10.2 Å². The summed E-state index contributed by atoms with van der Waals surface area (Å²) >= 11 is 0. The van der Waals surface area contributed by atoms with Crippen LogP contribution in [0.2, 0.25) is 0 Å². The van der Waals surface area contributed by atoms with Crippen molar-refractivity contribution in [2.45, 2.75) is 103 Å². The van der Waals surface area contributed by atoms with E-state index in [1.165, 1.54) is 5.56 Å². The first kappa shape index (κ1) is 26.7. The summed E-state index contributed by atoms with van der Waals surface area (Å²) in [5, 5.41) is 9.30. The van der Waals surface area contributed by atoms with Crippen LogP contribution >= 0.6 is 0 Å². The van der Waals surface area contributed by atoms with Crippen LogP contribution in [0.15, 0.2) is 24.3 Å². The molecule has 1 N–H and O–H groups in total. The van der Waals surface area contributed by atoms with E-state index < -0.39 is 18.6 Å². The monoisotopic (exact) mass is 455 g/mol. The molecule has 1 saturated heterocycles. The number of halogens is 3. The standard InChI is InChI=1S/C26H40F3NO2/c1-18(2)6-11-22(12-14-26(27,28)29)30-15-13-19(17-24(31)32)16-23(30)20-7-9-21(10-8-20)25(3,4)5/h7-10,18-19,22-23H,6,11-17H2,1-5H3,(H,31,32)/t19-,22-,23+/m1/s1. The molecule has 0 spiro atoms. The molecule has 0 aliphatic carbocycles. The summed E-state index contributed by atoms with van der Waals surface area (Å²) in [6.45, 7) is 11.3. The molecule has 32 heavy (non-hydrogen) atoms. The zero-order chi connectivity index (χ0) is 24.1. The van der Waals surface area contributed by atoms with Gasteiger partial charge in [0.15, 0.2) is 0 Å². The van der Waals surface area contributed by atoms with Crippen molar-refractivity contribution < 1.29 is 23.1 Å². The number of piperidine rings is 1. The van der Waals surface area contributed by atoms with Crippen LogP contribution < -0.4 is 0 Å². The molecule has 1 aromatic carbocycles. The van der Waals surface area contributed by atoms with Gasteiger partial charge in [0.2, 0.25) is 0 Å². The van der Waals surface area contributed by atoms with E-state index >= 15 is 0 Å². The summed E-state index contributed by atoms with van der Waals surface area (Å²) in [4.78, 5) is 13.6. The van der Waals surface area contributed by atoms with Crippen molar-refractivity contribution >= 4 is 5.97 Å². The van der Waals surface area contributed by atoms with E-state index in [0.717, 1.165) is 18.4 Å². The fraction of sp³-hybridized carbons (Fsp3) is 0.731. The Morgan fingerprint density at radius 3 is 2.22 bits per heavy atom. The van der Waals surface area contributed by atoms with Crippen LogP contribution in [0.3, 0.4) is 0 Å². The summed E-state index contributed by atoms with van der Waals surface area (Å²) in [5.74, 6) is -0.333. The first-order valence-corrected chi connectivity index (χ1v) is 11.9. The number of carboxylic acid groups (broad SMARTS) is 1. The zero-order valence-electron chi connectivity index (χ0n) is 20.2. The maximum atomic E-state index is 13.1. The number of hydrogen-bond donors (Lipinski definition) is 1. The second kappa shape index (κ2) is 11.0. The fourth-order valence-electron chi connectivity index (χ4n) is 4.79. The Morgan fingerprint density at radius 1 is 1.09 bits per heavy atom. The van der Waals surface area contributed by atoms with Crippen molar-refractivity contribution in [3.05, 3.63) is 35.4 Å². The average Bonchev–Trinajstić information content (AvgIpc) is 2.66. The third-order valence-corrected chi connectivity index (χ3v) is 6.68. The second-order valence-electron chi connectivity index (χ2n) is 10.9. The number of carboxylic acids is 1. The van der Waals surface area contributed by atoms with Crippen molar-refractivity contribution in [1.82, 2.24) is 4.90 Å². The van der Waals surface area contributed by atoms with Crippen molar-refractivity contribution in [2.75, 3.05) is 6.54 Å². The molecule has 0 saturated carbocycles. The molecule has 0 amide bonds. The lowest BCUT2D eigenvalue weighted by Gasteiger charge is -2.44.